The molecule has 0 fully saturated rings. The quantitative estimate of drug-likeness (QED) is 0.281. The normalized spacial score (nSPS) is 14.4. The van der Waals surface area contributed by atoms with Crippen LogP contribution in [-0.2, 0) is 14.0 Å². The van der Waals surface area contributed by atoms with E-state index in [9.17, 15) is 0 Å². The molecule has 0 heterocycles. The van der Waals surface area contributed by atoms with E-state index in [1.165, 1.54) is 0 Å². The molecule has 0 aromatic heterocycles. The number of hydrogen-bond donors (Lipinski definition) is 0. The van der Waals surface area contributed by atoms with E-state index in [1.54, 1.807) is 6.08 Å². The van der Waals surface area contributed by atoms with E-state index in [1.807, 2.05) is 6.92 Å². The Hall–Kier alpha value is 0.190. The molecular formula is C10H15Cl2O3P. The minimum Gasteiger partial charge on any atom is -0.372 e. The first kappa shape index (κ1) is 16.2. The highest BCUT2D eigenvalue weighted by atomic mass is 35.9. The topological polar surface area (TPSA) is 27.7 Å². The Kier molecular flexibility index (Phi) is 10.5. The summed E-state index contributed by atoms with van der Waals surface area (Å²) in [6, 6.07) is 0. The summed E-state index contributed by atoms with van der Waals surface area (Å²) in [4.78, 5) is 0. The molecule has 0 saturated carbocycles. The fourth-order valence-electron chi connectivity index (χ4n) is 0.798. The second-order valence-corrected chi connectivity index (χ2v) is 5.90. The van der Waals surface area contributed by atoms with Crippen molar-refractivity contribution in [1.29, 1.82) is 0 Å². The Morgan fingerprint density at radius 3 is 2.69 bits per heavy atom. The number of rotatable bonds is 9. The minimum atomic E-state index is -1.49. The molecule has 0 aliphatic carbocycles. The zero-order valence-electron chi connectivity index (χ0n) is 9.07. The first-order chi connectivity index (χ1) is 7.60. The van der Waals surface area contributed by atoms with Crippen molar-refractivity contribution in [2.75, 3.05) is 19.8 Å². The van der Waals surface area contributed by atoms with Gasteiger partial charge in [-0.25, -0.2) is 0 Å². The molecule has 0 aromatic rings. The van der Waals surface area contributed by atoms with Crippen molar-refractivity contribution in [2.24, 2.45) is 0 Å². The summed E-state index contributed by atoms with van der Waals surface area (Å²) in [6.07, 6.45) is 6.35. The second kappa shape index (κ2) is 10.4. The molecule has 16 heavy (non-hydrogen) atoms. The predicted molar refractivity (Wildman–Crippen MR) is 68.8 cm³/mol. The fraction of sp³-hybridized carbons (Fsp3) is 0.600. The average molecular weight is 285 g/mol. The molecule has 2 unspecified atom stereocenters. The molecule has 0 aromatic carbocycles. The van der Waals surface area contributed by atoms with Crippen molar-refractivity contribution in [3.8, 4) is 12.3 Å². The van der Waals surface area contributed by atoms with Gasteiger partial charge in [-0.15, -0.1) is 13.0 Å². The van der Waals surface area contributed by atoms with E-state index in [4.69, 9.17) is 42.9 Å². The third-order valence-corrected chi connectivity index (χ3v) is 2.53. The van der Waals surface area contributed by atoms with Gasteiger partial charge in [0, 0.05) is 0 Å². The first-order valence-corrected chi connectivity index (χ1v) is 7.71. The van der Waals surface area contributed by atoms with E-state index in [0.717, 1.165) is 0 Å². The molecule has 3 nitrogen and oxygen atoms in total. The Bertz CT molecular complexity index is 231. The van der Waals surface area contributed by atoms with Gasteiger partial charge in [-0.2, -0.15) is 0 Å². The highest BCUT2D eigenvalue weighted by molar-refractivity contribution is 8.00. The molecule has 0 aliphatic heterocycles. The predicted octanol–water partition coefficient (Wildman–Crippen LogP) is 3.32. The van der Waals surface area contributed by atoms with E-state index >= 15 is 0 Å². The molecule has 0 saturated heterocycles. The van der Waals surface area contributed by atoms with Crippen LogP contribution in [0.1, 0.15) is 6.92 Å². The molecule has 0 N–H and O–H groups in total. The largest absolute Gasteiger partial charge is 0.372 e. The van der Waals surface area contributed by atoms with Crippen molar-refractivity contribution >= 4 is 29.3 Å². The molecule has 0 aliphatic rings. The fourth-order valence-corrected chi connectivity index (χ4v) is 1.82. The number of ether oxygens (including phenoxy) is 2. The lowest BCUT2D eigenvalue weighted by Crippen LogP contribution is -2.25. The summed E-state index contributed by atoms with van der Waals surface area (Å²) in [5, 5.41) is 0. The van der Waals surface area contributed by atoms with Gasteiger partial charge in [-0.05, 0) is 29.4 Å². The summed E-state index contributed by atoms with van der Waals surface area (Å²) in [5.41, 5.74) is 0. The number of halogens is 2. The lowest BCUT2D eigenvalue weighted by molar-refractivity contribution is -0.00557. The summed E-state index contributed by atoms with van der Waals surface area (Å²) in [7, 11) is 0. The van der Waals surface area contributed by atoms with Crippen LogP contribution in [-0.4, -0.2) is 32.0 Å². The summed E-state index contributed by atoms with van der Waals surface area (Å²) in [6.45, 7) is 4.83. The Balaban J connectivity index is 3.90. The first-order valence-electron chi connectivity index (χ1n) is 4.64. The summed E-state index contributed by atoms with van der Waals surface area (Å²) in [5.74, 6) is 2.36. The van der Waals surface area contributed by atoms with Crippen LogP contribution in [0.25, 0.3) is 0 Å². The highest BCUT2D eigenvalue weighted by Gasteiger charge is 2.15. The van der Waals surface area contributed by atoms with Gasteiger partial charge in [0.15, 0.2) is 0 Å². The van der Waals surface area contributed by atoms with Crippen molar-refractivity contribution in [2.45, 2.75) is 19.1 Å². The van der Waals surface area contributed by atoms with E-state index in [2.05, 4.69) is 12.5 Å². The molecule has 92 valence electrons. The highest BCUT2D eigenvalue weighted by Crippen LogP contribution is 2.48. The van der Waals surface area contributed by atoms with Crippen LogP contribution in [0.3, 0.4) is 0 Å². The maximum Gasteiger partial charge on any atom is 0.225 e. The van der Waals surface area contributed by atoms with Crippen LogP contribution in [0.5, 0.6) is 0 Å². The summed E-state index contributed by atoms with van der Waals surface area (Å²) < 4.78 is 15.8. The van der Waals surface area contributed by atoms with Crippen LogP contribution in [0.2, 0.25) is 0 Å². The van der Waals surface area contributed by atoms with Crippen LogP contribution < -0.4 is 0 Å². The van der Waals surface area contributed by atoms with Crippen molar-refractivity contribution in [1.82, 2.24) is 0 Å². The van der Waals surface area contributed by atoms with Gasteiger partial charge in [0.2, 0.25) is 6.85 Å². The molecule has 0 amide bonds. The summed E-state index contributed by atoms with van der Waals surface area (Å²) >= 11 is 11.1. The Labute approximate surface area is 107 Å². The van der Waals surface area contributed by atoms with Gasteiger partial charge in [0.05, 0.1) is 19.3 Å². The lowest BCUT2D eigenvalue weighted by Gasteiger charge is -2.19. The van der Waals surface area contributed by atoms with Crippen molar-refractivity contribution < 1.29 is 14.0 Å². The van der Waals surface area contributed by atoms with Gasteiger partial charge < -0.3 is 14.0 Å². The zero-order valence-corrected chi connectivity index (χ0v) is 11.5. The monoisotopic (exact) mass is 284 g/mol. The van der Waals surface area contributed by atoms with Gasteiger partial charge in [0.25, 0.3) is 0 Å². The lowest BCUT2D eigenvalue weighted by atomic mass is 10.4. The number of hydrogen-bond acceptors (Lipinski definition) is 3. The second-order valence-electron chi connectivity index (χ2n) is 2.92. The molecule has 6 heteroatoms. The maximum atomic E-state index is 5.57. The van der Waals surface area contributed by atoms with Gasteiger partial charge in [-0.1, -0.05) is 12.0 Å². The van der Waals surface area contributed by atoms with Crippen molar-refractivity contribution in [3.63, 3.8) is 0 Å². The van der Waals surface area contributed by atoms with E-state index in [0.29, 0.717) is 13.2 Å². The van der Waals surface area contributed by atoms with E-state index in [-0.39, 0.29) is 18.8 Å². The van der Waals surface area contributed by atoms with E-state index < -0.39 is 6.85 Å². The average Bonchev–Trinajstić information content (AvgIpc) is 2.24. The Morgan fingerprint density at radius 1 is 1.50 bits per heavy atom. The standard InChI is InChI=1S/C10H15Cl2O3P/c1-4-6-13-7-10(15-16(11)12)8-14-9(3)5-2/h1,5,9-10H,2,6-8H2,3H3. The third-order valence-electron chi connectivity index (χ3n) is 1.59. The molecular weight excluding hydrogens is 270 g/mol. The molecule has 0 spiro atoms. The Morgan fingerprint density at radius 2 is 2.19 bits per heavy atom. The van der Waals surface area contributed by atoms with Crippen LogP contribution in [0.4, 0.5) is 0 Å². The molecule has 0 radical (unpaired) electrons. The number of terminal acetylenes is 1. The van der Waals surface area contributed by atoms with Crippen molar-refractivity contribution in [3.05, 3.63) is 12.7 Å². The smallest absolute Gasteiger partial charge is 0.225 e. The molecule has 0 bridgehead atoms. The molecule has 2 atom stereocenters. The van der Waals surface area contributed by atoms with Crippen LogP contribution in [0.15, 0.2) is 12.7 Å². The van der Waals surface area contributed by atoms with Crippen LogP contribution in [0, 0.1) is 12.3 Å². The minimum absolute atomic E-state index is 0.0596. The molecule has 0 rings (SSSR count). The van der Waals surface area contributed by atoms with Gasteiger partial charge >= 0.3 is 0 Å². The third kappa shape index (κ3) is 9.42. The van der Waals surface area contributed by atoms with Gasteiger partial charge in [-0.3, -0.25) is 0 Å². The van der Waals surface area contributed by atoms with Crippen LogP contribution >= 0.6 is 29.3 Å². The van der Waals surface area contributed by atoms with Gasteiger partial charge in [0.1, 0.15) is 12.7 Å². The SMILES string of the molecule is C#CCOCC(COC(C)C=C)OP(Cl)Cl. The zero-order chi connectivity index (χ0) is 12.4. The maximum absolute atomic E-state index is 5.57.